The third-order valence-corrected chi connectivity index (χ3v) is 13.2. The predicted octanol–water partition coefficient (Wildman–Crippen LogP) is 17.5. The SMILES string of the molecule is c1cc(-c2cccc3ccccc23)cc(N(c2ccc(-c3cccc(-n4c5ccccc5c5ccccc54)c3)cc2)c2ccccc2-c2ccc3c(c2)oc2c4ccccc4ccc32)c1. The molecule has 2 aromatic heterocycles. The number of furan rings is 1. The van der Waals surface area contributed by atoms with Gasteiger partial charge in [0, 0.05) is 49.6 Å². The molecule has 0 aliphatic rings. The fourth-order valence-electron chi connectivity index (χ4n) is 10.1. The standard InChI is InChI=1S/C62H40N2O/c1-3-21-50-42(14-1)16-13-26-51(50)45-18-12-19-48(39-45)63(58-27-8-5-22-52(58)46-33-36-56-57-37-32-43-15-2-4-23-53(43)62(57)65-61(56)40-46)47-34-30-41(31-35-47)44-17-11-20-49(38-44)64-59-28-9-6-24-54(59)55-25-7-10-29-60(55)64/h1-40H. The maximum absolute atomic E-state index is 6.71. The predicted molar refractivity (Wildman–Crippen MR) is 274 cm³/mol. The van der Waals surface area contributed by atoms with Crippen LogP contribution in [0.25, 0.3) is 104 Å². The minimum Gasteiger partial charge on any atom is -0.455 e. The van der Waals surface area contributed by atoms with E-state index in [1.54, 1.807) is 0 Å². The molecule has 2 heterocycles. The number of benzene rings is 11. The zero-order chi connectivity index (χ0) is 42.8. The van der Waals surface area contributed by atoms with Crippen LogP contribution >= 0.6 is 0 Å². The lowest BCUT2D eigenvalue weighted by molar-refractivity contribution is 0.673. The Morgan fingerprint density at radius 2 is 0.908 bits per heavy atom. The summed E-state index contributed by atoms with van der Waals surface area (Å²) >= 11 is 0. The number of fused-ring (bicyclic) bond motifs is 9. The van der Waals surface area contributed by atoms with Crippen molar-refractivity contribution in [2.75, 3.05) is 4.90 Å². The molecule has 304 valence electrons. The Balaban J connectivity index is 0.950. The molecule has 0 aliphatic heterocycles. The first-order chi connectivity index (χ1) is 32.2. The quantitative estimate of drug-likeness (QED) is 0.160. The van der Waals surface area contributed by atoms with E-state index in [4.69, 9.17) is 4.42 Å². The second kappa shape index (κ2) is 15.0. The fourth-order valence-corrected chi connectivity index (χ4v) is 10.1. The van der Waals surface area contributed by atoms with Crippen LogP contribution in [0.4, 0.5) is 17.1 Å². The summed E-state index contributed by atoms with van der Waals surface area (Å²) in [6, 6.07) is 87.7. The molecule has 13 rings (SSSR count). The minimum atomic E-state index is 0.876. The molecule has 0 fully saturated rings. The highest BCUT2D eigenvalue weighted by atomic mass is 16.3. The number of para-hydroxylation sites is 3. The molecule has 3 nitrogen and oxygen atoms in total. The van der Waals surface area contributed by atoms with Crippen molar-refractivity contribution in [1.29, 1.82) is 0 Å². The van der Waals surface area contributed by atoms with E-state index < -0.39 is 0 Å². The topological polar surface area (TPSA) is 21.3 Å². The second-order valence-electron chi connectivity index (χ2n) is 16.9. The van der Waals surface area contributed by atoms with Crippen molar-refractivity contribution in [3.63, 3.8) is 0 Å². The number of anilines is 3. The van der Waals surface area contributed by atoms with Gasteiger partial charge in [-0.3, -0.25) is 0 Å². The van der Waals surface area contributed by atoms with Crippen LogP contribution in [-0.2, 0) is 0 Å². The van der Waals surface area contributed by atoms with Gasteiger partial charge in [0.05, 0.1) is 16.7 Å². The Labute approximate surface area is 376 Å². The zero-order valence-electron chi connectivity index (χ0n) is 35.4. The lowest BCUT2D eigenvalue weighted by Gasteiger charge is -2.28. The Hall–Kier alpha value is -8.66. The highest BCUT2D eigenvalue weighted by molar-refractivity contribution is 6.15. The first-order valence-corrected chi connectivity index (χ1v) is 22.2. The smallest absolute Gasteiger partial charge is 0.143 e. The van der Waals surface area contributed by atoms with Gasteiger partial charge in [0.1, 0.15) is 11.2 Å². The van der Waals surface area contributed by atoms with Crippen molar-refractivity contribution in [1.82, 2.24) is 4.57 Å². The van der Waals surface area contributed by atoms with Crippen molar-refractivity contribution in [2.45, 2.75) is 0 Å². The van der Waals surface area contributed by atoms with Crippen LogP contribution in [0, 0.1) is 0 Å². The summed E-state index contributed by atoms with van der Waals surface area (Å²) in [7, 11) is 0. The molecule has 0 atom stereocenters. The van der Waals surface area contributed by atoms with Gasteiger partial charge in [-0.05, 0) is 117 Å². The van der Waals surface area contributed by atoms with Gasteiger partial charge >= 0.3 is 0 Å². The van der Waals surface area contributed by atoms with Gasteiger partial charge in [-0.15, -0.1) is 0 Å². The molecular weight excluding hydrogens is 789 g/mol. The van der Waals surface area contributed by atoms with Gasteiger partial charge in [0.25, 0.3) is 0 Å². The Bertz CT molecular complexity index is 3910. The molecule has 0 unspecified atom stereocenters. The Kier molecular flexibility index (Phi) is 8.53. The zero-order valence-corrected chi connectivity index (χ0v) is 35.4. The van der Waals surface area contributed by atoms with Crippen molar-refractivity contribution in [2.24, 2.45) is 0 Å². The van der Waals surface area contributed by atoms with Crippen LogP contribution in [0.5, 0.6) is 0 Å². The molecule has 0 N–H and O–H groups in total. The van der Waals surface area contributed by atoms with Crippen LogP contribution in [0.15, 0.2) is 247 Å². The van der Waals surface area contributed by atoms with Crippen LogP contribution in [0.3, 0.4) is 0 Å². The third kappa shape index (κ3) is 6.12. The van der Waals surface area contributed by atoms with E-state index in [0.29, 0.717) is 0 Å². The summed E-state index contributed by atoms with van der Waals surface area (Å²) in [5.41, 5.74) is 15.4. The van der Waals surface area contributed by atoms with Crippen molar-refractivity contribution >= 4 is 82.4 Å². The maximum atomic E-state index is 6.71. The lowest BCUT2D eigenvalue weighted by atomic mass is 9.97. The van der Waals surface area contributed by atoms with E-state index in [0.717, 1.165) is 77.9 Å². The molecule has 0 saturated heterocycles. The van der Waals surface area contributed by atoms with Crippen LogP contribution in [0.2, 0.25) is 0 Å². The normalized spacial score (nSPS) is 11.7. The van der Waals surface area contributed by atoms with Gasteiger partial charge in [0.2, 0.25) is 0 Å². The highest BCUT2D eigenvalue weighted by Gasteiger charge is 2.20. The number of rotatable bonds is 7. The van der Waals surface area contributed by atoms with E-state index in [9.17, 15) is 0 Å². The largest absolute Gasteiger partial charge is 0.455 e. The van der Waals surface area contributed by atoms with Crippen LogP contribution in [-0.4, -0.2) is 4.57 Å². The monoisotopic (exact) mass is 828 g/mol. The highest BCUT2D eigenvalue weighted by Crippen LogP contribution is 2.45. The molecule has 0 spiro atoms. The van der Waals surface area contributed by atoms with Gasteiger partial charge < -0.3 is 13.9 Å². The van der Waals surface area contributed by atoms with Crippen molar-refractivity contribution in [3.8, 4) is 39.1 Å². The average Bonchev–Trinajstić information content (AvgIpc) is 3.93. The Morgan fingerprint density at radius 1 is 0.323 bits per heavy atom. The van der Waals surface area contributed by atoms with E-state index in [-0.39, 0.29) is 0 Å². The van der Waals surface area contributed by atoms with Crippen LogP contribution in [0.1, 0.15) is 0 Å². The molecule has 65 heavy (non-hydrogen) atoms. The molecular formula is C62H40N2O. The maximum Gasteiger partial charge on any atom is 0.143 e. The number of hydrogen-bond acceptors (Lipinski definition) is 2. The summed E-state index contributed by atoms with van der Waals surface area (Å²) in [4.78, 5) is 2.40. The van der Waals surface area contributed by atoms with Gasteiger partial charge in [-0.2, -0.15) is 0 Å². The molecule has 0 radical (unpaired) electrons. The van der Waals surface area contributed by atoms with Gasteiger partial charge in [-0.25, -0.2) is 0 Å². The minimum absolute atomic E-state index is 0.876. The summed E-state index contributed by atoms with van der Waals surface area (Å²) in [6.07, 6.45) is 0. The van der Waals surface area contributed by atoms with E-state index in [2.05, 4.69) is 252 Å². The molecule has 11 aromatic carbocycles. The summed E-state index contributed by atoms with van der Waals surface area (Å²) in [5.74, 6) is 0. The summed E-state index contributed by atoms with van der Waals surface area (Å²) in [6.45, 7) is 0. The second-order valence-corrected chi connectivity index (χ2v) is 16.9. The Morgan fingerprint density at radius 3 is 1.72 bits per heavy atom. The first-order valence-electron chi connectivity index (χ1n) is 22.2. The van der Waals surface area contributed by atoms with E-state index >= 15 is 0 Å². The molecule has 3 heteroatoms. The molecule has 0 amide bonds. The van der Waals surface area contributed by atoms with Crippen LogP contribution < -0.4 is 4.90 Å². The number of hydrogen-bond donors (Lipinski definition) is 0. The van der Waals surface area contributed by atoms with E-state index in [1.165, 1.54) is 43.5 Å². The molecule has 0 aliphatic carbocycles. The van der Waals surface area contributed by atoms with Gasteiger partial charge in [-0.1, -0.05) is 170 Å². The summed E-state index contributed by atoms with van der Waals surface area (Å²) in [5, 5.41) is 9.52. The van der Waals surface area contributed by atoms with Crippen molar-refractivity contribution in [3.05, 3.63) is 243 Å². The fraction of sp³-hybridized carbons (Fsp3) is 0. The first kappa shape index (κ1) is 36.9. The van der Waals surface area contributed by atoms with Crippen molar-refractivity contribution < 1.29 is 4.42 Å². The lowest BCUT2D eigenvalue weighted by Crippen LogP contribution is -2.11. The summed E-state index contributed by atoms with van der Waals surface area (Å²) < 4.78 is 9.10. The van der Waals surface area contributed by atoms with E-state index in [1.807, 2.05) is 0 Å². The molecule has 0 saturated carbocycles. The molecule has 13 aromatic rings. The third-order valence-electron chi connectivity index (χ3n) is 13.2. The average molecular weight is 829 g/mol. The molecule has 0 bridgehead atoms. The number of nitrogens with zero attached hydrogens (tertiary/aromatic N) is 2. The number of aromatic nitrogens is 1. The van der Waals surface area contributed by atoms with Gasteiger partial charge in [0.15, 0.2) is 0 Å².